The Morgan fingerprint density at radius 2 is 1.52 bits per heavy atom. The molecule has 1 aliphatic heterocycles. The van der Waals surface area contributed by atoms with Crippen molar-refractivity contribution in [2.45, 2.75) is 58.8 Å². The topological polar surface area (TPSA) is 36.3 Å². The summed E-state index contributed by atoms with van der Waals surface area (Å²) in [5, 5.41) is 4.40. The second kappa shape index (κ2) is 5.50. The molecule has 4 nitrogen and oxygen atoms in total. The van der Waals surface area contributed by atoms with E-state index in [1.54, 1.807) is 0 Å². The van der Waals surface area contributed by atoms with Crippen LogP contribution in [0.4, 0.5) is 0 Å². The van der Waals surface area contributed by atoms with E-state index in [2.05, 4.69) is 77.1 Å². The zero-order chi connectivity index (χ0) is 16.8. The summed E-state index contributed by atoms with van der Waals surface area (Å²) in [4.78, 5) is 0. The highest BCUT2D eigenvalue weighted by Gasteiger charge is 2.51. The Morgan fingerprint density at radius 1 is 0.957 bits per heavy atom. The summed E-state index contributed by atoms with van der Waals surface area (Å²) in [6, 6.07) is 8.71. The molecule has 1 saturated heterocycles. The second-order valence-electron chi connectivity index (χ2n) is 7.51. The maximum absolute atomic E-state index is 6.09. The highest BCUT2D eigenvalue weighted by Crippen LogP contribution is 2.36. The third-order valence-electron chi connectivity index (χ3n) is 4.90. The van der Waals surface area contributed by atoms with Gasteiger partial charge in [-0.25, -0.2) is 0 Å². The molecule has 23 heavy (non-hydrogen) atoms. The number of benzene rings is 1. The molecule has 2 aromatic rings. The Labute approximate surface area is 138 Å². The zero-order valence-electron chi connectivity index (χ0n) is 14.8. The fourth-order valence-corrected chi connectivity index (χ4v) is 2.58. The number of rotatable bonds is 3. The lowest BCUT2D eigenvalue weighted by Gasteiger charge is -2.32. The maximum Gasteiger partial charge on any atom is 0.494 e. The summed E-state index contributed by atoms with van der Waals surface area (Å²) in [6.45, 7) is 12.5. The van der Waals surface area contributed by atoms with Gasteiger partial charge in [0.25, 0.3) is 0 Å². The molecule has 0 bridgehead atoms. The smallest absolute Gasteiger partial charge is 0.399 e. The summed E-state index contributed by atoms with van der Waals surface area (Å²) in [5.41, 5.74) is 2.70. The van der Waals surface area contributed by atoms with Crippen LogP contribution in [0.15, 0.2) is 36.7 Å². The van der Waals surface area contributed by atoms with Crippen LogP contribution in [0.5, 0.6) is 0 Å². The summed E-state index contributed by atoms with van der Waals surface area (Å²) >= 11 is 0. The van der Waals surface area contributed by atoms with E-state index in [-0.39, 0.29) is 18.3 Å². The first-order valence-corrected chi connectivity index (χ1v) is 8.20. The van der Waals surface area contributed by atoms with Gasteiger partial charge in [-0.15, -0.1) is 0 Å². The zero-order valence-corrected chi connectivity index (χ0v) is 14.8. The van der Waals surface area contributed by atoms with Gasteiger partial charge < -0.3 is 9.31 Å². The van der Waals surface area contributed by atoms with Crippen molar-refractivity contribution in [2.75, 3.05) is 0 Å². The molecule has 0 unspecified atom stereocenters. The van der Waals surface area contributed by atoms with Gasteiger partial charge in [-0.1, -0.05) is 24.3 Å². The minimum absolute atomic E-state index is 0.311. The van der Waals surface area contributed by atoms with E-state index in [0.29, 0.717) is 6.04 Å². The third-order valence-corrected chi connectivity index (χ3v) is 4.90. The van der Waals surface area contributed by atoms with Crippen LogP contribution in [-0.2, 0) is 9.31 Å². The maximum atomic E-state index is 6.09. The van der Waals surface area contributed by atoms with Crippen LogP contribution in [0.25, 0.3) is 11.1 Å². The van der Waals surface area contributed by atoms with Crippen LogP contribution in [0.2, 0.25) is 0 Å². The first-order chi connectivity index (χ1) is 10.7. The van der Waals surface area contributed by atoms with Gasteiger partial charge in [0.15, 0.2) is 0 Å². The molecule has 2 heterocycles. The van der Waals surface area contributed by atoms with E-state index in [1.807, 2.05) is 10.9 Å². The van der Waals surface area contributed by atoms with Gasteiger partial charge in [-0.3, -0.25) is 4.68 Å². The Bertz CT molecular complexity index is 673. The van der Waals surface area contributed by atoms with Gasteiger partial charge in [-0.2, -0.15) is 5.10 Å². The van der Waals surface area contributed by atoms with Crippen LogP contribution < -0.4 is 5.46 Å². The van der Waals surface area contributed by atoms with Gasteiger partial charge >= 0.3 is 7.12 Å². The molecule has 0 atom stereocenters. The molecule has 0 radical (unpaired) electrons. The first kappa shape index (κ1) is 16.3. The lowest BCUT2D eigenvalue weighted by molar-refractivity contribution is 0.00578. The van der Waals surface area contributed by atoms with Gasteiger partial charge in [-0.05, 0) is 52.6 Å². The molecule has 1 aromatic heterocycles. The molecule has 3 rings (SSSR count). The normalized spacial score (nSPS) is 19.5. The van der Waals surface area contributed by atoms with E-state index in [1.165, 1.54) is 0 Å². The van der Waals surface area contributed by atoms with Crippen molar-refractivity contribution in [1.82, 2.24) is 9.78 Å². The van der Waals surface area contributed by atoms with Crippen LogP contribution in [-0.4, -0.2) is 28.1 Å². The number of hydrogen-bond donors (Lipinski definition) is 0. The SMILES string of the molecule is CC(C)n1cc(-c2ccc(B3OC(C)(C)C(C)(C)O3)cc2)cn1. The fraction of sp³-hybridized carbons (Fsp3) is 0.500. The van der Waals surface area contributed by atoms with Crippen LogP contribution in [0.1, 0.15) is 47.6 Å². The average molecular weight is 312 g/mol. The van der Waals surface area contributed by atoms with Crippen molar-refractivity contribution in [3.05, 3.63) is 36.7 Å². The van der Waals surface area contributed by atoms with Crippen molar-refractivity contribution >= 4 is 12.6 Å². The average Bonchev–Trinajstić information content (AvgIpc) is 3.03. The predicted octanol–water partition coefficient (Wildman–Crippen LogP) is 3.43. The first-order valence-electron chi connectivity index (χ1n) is 8.20. The Kier molecular flexibility index (Phi) is 3.89. The Morgan fingerprint density at radius 3 is 2.00 bits per heavy atom. The van der Waals surface area contributed by atoms with Crippen molar-refractivity contribution in [2.24, 2.45) is 0 Å². The summed E-state index contributed by atoms with van der Waals surface area (Å²) in [6.07, 6.45) is 3.98. The molecule has 0 amide bonds. The summed E-state index contributed by atoms with van der Waals surface area (Å²) in [7, 11) is -0.313. The summed E-state index contributed by atoms with van der Waals surface area (Å²) < 4.78 is 14.2. The monoisotopic (exact) mass is 312 g/mol. The summed E-state index contributed by atoms with van der Waals surface area (Å²) in [5.74, 6) is 0. The molecule has 5 heteroatoms. The quantitative estimate of drug-likeness (QED) is 0.815. The highest BCUT2D eigenvalue weighted by molar-refractivity contribution is 6.62. The van der Waals surface area contributed by atoms with E-state index in [0.717, 1.165) is 16.6 Å². The highest BCUT2D eigenvalue weighted by atomic mass is 16.7. The number of hydrogen-bond acceptors (Lipinski definition) is 3. The molecule has 0 spiro atoms. The van der Waals surface area contributed by atoms with Gasteiger partial charge in [0.1, 0.15) is 0 Å². The Balaban J connectivity index is 1.80. The standard InChI is InChI=1S/C18H25BN2O2/c1-13(2)21-12-15(11-20-21)14-7-9-16(10-8-14)19-22-17(3,4)18(5,6)23-19/h7-13H,1-6H3. The number of nitrogens with zero attached hydrogens (tertiary/aromatic N) is 2. The van der Waals surface area contributed by atoms with E-state index in [4.69, 9.17) is 9.31 Å². The minimum atomic E-state index is -0.313. The molecule has 0 saturated carbocycles. The van der Waals surface area contributed by atoms with Gasteiger partial charge in [0.05, 0.1) is 17.4 Å². The van der Waals surface area contributed by atoms with Gasteiger partial charge in [0, 0.05) is 17.8 Å². The second-order valence-corrected chi connectivity index (χ2v) is 7.51. The van der Waals surface area contributed by atoms with Crippen molar-refractivity contribution in [3.8, 4) is 11.1 Å². The van der Waals surface area contributed by atoms with Crippen molar-refractivity contribution in [3.63, 3.8) is 0 Å². The lowest BCUT2D eigenvalue weighted by Crippen LogP contribution is -2.41. The van der Waals surface area contributed by atoms with Gasteiger partial charge in [0.2, 0.25) is 0 Å². The molecule has 1 fully saturated rings. The van der Waals surface area contributed by atoms with Crippen molar-refractivity contribution in [1.29, 1.82) is 0 Å². The largest absolute Gasteiger partial charge is 0.494 e. The van der Waals surface area contributed by atoms with Crippen LogP contribution >= 0.6 is 0 Å². The minimum Gasteiger partial charge on any atom is -0.399 e. The molecule has 0 N–H and O–H groups in total. The van der Waals surface area contributed by atoms with E-state index < -0.39 is 0 Å². The molecule has 1 aromatic carbocycles. The molecular weight excluding hydrogens is 287 g/mol. The molecule has 122 valence electrons. The van der Waals surface area contributed by atoms with Crippen LogP contribution in [0, 0.1) is 0 Å². The molecular formula is C18H25BN2O2. The molecule has 1 aliphatic rings. The van der Waals surface area contributed by atoms with E-state index in [9.17, 15) is 0 Å². The van der Waals surface area contributed by atoms with Crippen LogP contribution in [0.3, 0.4) is 0 Å². The predicted molar refractivity (Wildman–Crippen MR) is 93.8 cm³/mol. The Hall–Kier alpha value is -1.59. The fourth-order valence-electron chi connectivity index (χ4n) is 2.58. The van der Waals surface area contributed by atoms with E-state index >= 15 is 0 Å². The third kappa shape index (κ3) is 2.95. The lowest BCUT2D eigenvalue weighted by atomic mass is 9.78. The van der Waals surface area contributed by atoms with Crippen molar-refractivity contribution < 1.29 is 9.31 Å². The molecule has 0 aliphatic carbocycles. The number of aromatic nitrogens is 2.